The van der Waals surface area contributed by atoms with E-state index in [9.17, 15) is 0 Å². The summed E-state index contributed by atoms with van der Waals surface area (Å²) in [5.74, 6) is 7.14. The predicted molar refractivity (Wildman–Crippen MR) is 79.0 cm³/mol. The van der Waals surface area contributed by atoms with Crippen molar-refractivity contribution >= 4 is 47.0 Å². The fraction of sp³-hybridized carbons (Fsp3) is 1.00. The summed E-state index contributed by atoms with van der Waals surface area (Å²) in [6.07, 6.45) is 0. The Bertz CT molecular complexity index is 162. The Labute approximate surface area is 115 Å². The van der Waals surface area contributed by atoms with Crippen LogP contribution >= 0.6 is 47.0 Å². The lowest BCUT2D eigenvalue weighted by Crippen LogP contribution is -2.07. The van der Waals surface area contributed by atoms with Crippen LogP contribution in [0, 0.1) is 0 Å². The highest BCUT2D eigenvalue weighted by Crippen LogP contribution is 2.25. The van der Waals surface area contributed by atoms with Gasteiger partial charge in [0.1, 0.15) is 10.9 Å². The molecule has 0 spiro atoms. The normalized spacial score (nSPS) is 30.0. The van der Waals surface area contributed by atoms with Crippen LogP contribution in [0.3, 0.4) is 0 Å². The summed E-state index contributed by atoms with van der Waals surface area (Å²) in [5, 5.41) is 0. The molecule has 2 rings (SSSR count). The summed E-state index contributed by atoms with van der Waals surface area (Å²) in [4.78, 5) is 0. The largest absolute Gasteiger partial charge is 0.366 e. The van der Waals surface area contributed by atoms with Crippen molar-refractivity contribution in [3.8, 4) is 0 Å². The molecule has 0 amide bonds. The molecule has 2 fully saturated rings. The molecule has 0 aromatic carbocycles. The van der Waals surface area contributed by atoms with E-state index in [1.165, 1.54) is 23.0 Å². The Morgan fingerprint density at radius 2 is 1.38 bits per heavy atom. The molecule has 0 aromatic heterocycles. The van der Waals surface area contributed by atoms with Crippen LogP contribution in [0.25, 0.3) is 0 Å². The summed E-state index contributed by atoms with van der Waals surface area (Å²) in [6, 6.07) is 0. The first-order valence-electron chi connectivity index (χ1n) is 5.57. The minimum Gasteiger partial charge on any atom is -0.366 e. The molecule has 2 nitrogen and oxygen atoms in total. The van der Waals surface area contributed by atoms with Crippen LogP contribution in [0.4, 0.5) is 0 Å². The first-order chi connectivity index (χ1) is 7.95. The summed E-state index contributed by atoms with van der Waals surface area (Å²) in [6.45, 7) is 1.89. The van der Waals surface area contributed by atoms with Crippen LogP contribution < -0.4 is 0 Å². The number of hydrogen-bond acceptors (Lipinski definition) is 6. The van der Waals surface area contributed by atoms with Crippen LogP contribution in [0.5, 0.6) is 0 Å². The molecule has 2 aliphatic rings. The Hall–Kier alpha value is 1.32. The second-order valence-corrected chi connectivity index (χ2v) is 8.33. The van der Waals surface area contributed by atoms with Crippen LogP contribution in [-0.2, 0) is 9.47 Å². The molecule has 2 saturated heterocycles. The van der Waals surface area contributed by atoms with Gasteiger partial charge in [0.25, 0.3) is 0 Å². The van der Waals surface area contributed by atoms with Gasteiger partial charge in [-0.15, -0.1) is 23.5 Å². The maximum atomic E-state index is 5.55. The molecule has 94 valence electrons. The van der Waals surface area contributed by atoms with E-state index in [4.69, 9.17) is 9.47 Å². The highest BCUT2D eigenvalue weighted by molar-refractivity contribution is 8.05. The second-order valence-electron chi connectivity index (χ2n) is 3.49. The van der Waals surface area contributed by atoms with Gasteiger partial charge in [0.15, 0.2) is 0 Å². The van der Waals surface area contributed by atoms with Gasteiger partial charge in [0.05, 0.1) is 13.2 Å². The highest BCUT2D eigenvalue weighted by Gasteiger charge is 2.16. The summed E-state index contributed by atoms with van der Waals surface area (Å²) >= 11 is 7.94. The first kappa shape index (κ1) is 13.7. The lowest BCUT2D eigenvalue weighted by molar-refractivity contribution is 0.158. The highest BCUT2D eigenvalue weighted by atomic mass is 32.2. The van der Waals surface area contributed by atoms with Gasteiger partial charge in [0, 0.05) is 34.5 Å². The van der Waals surface area contributed by atoms with Crippen LogP contribution in [0.1, 0.15) is 0 Å². The Kier molecular flexibility index (Phi) is 7.24. The standard InChI is InChI=1S/C10H18O2S4/c1-3-15-9(11-1)7-13-5-6-14-8-10-12-2-4-16-10/h9-10H,1-8H2. The van der Waals surface area contributed by atoms with Crippen molar-refractivity contribution in [3.05, 3.63) is 0 Å². The molecule has 0 bridgehead atoms. The molecule has 2 heterocycles. The zero-order valence-corrected chi connectivity index (χ0v) is 12.5. The van der Waals surface area contributed by atoms with E-state index < -0.39 is 0 Å². The Balaban J connectivity index is 1.37. The minimum absolute atomic E-state index is 0.462. The van der Waals surface area contributed by atoms with Gasteiger partial charge in [-0.2, -0.15) is 23.5 Å². The van der Waals surface area contributed by atoms with Gasteiger partial charge in [-0.1, -0.05) is 0 Å². The van der Waals surface area contributed by atoms with E-state index in [1.807, 2.05) is 47.0 Å². The summed E-state index contributed by atoms with van der Waals surface area (Å²) < 4.78 is 11.1. The molecular formula is C10H18O2S4. The number of rotatable bonds is 7. The summed E-state index contributed by atoms with van der Waals surface area (Å²) in [7, 11) is 0. The molecule has 0 aromatic rings. The molecule has 0 radical (unpaired) electrons. The maximum absolute atomic E-state index is 5.55. The molecule has 2 atom stereocenters. The van der Waals surface area contributed by atoms with Gasteiger partial charge in [-0.05, 0) is 0 Å². The van der Waals surface area contributed by atoms with Crippen molar-refractivity contribution in [2.75, 3.05) is 47.7 Å². The van der Waals surface area contributed by atoms with Crippen molar-refractivity contribution < 1.29 is 9.47 Å². The number of ether oxygens (including phenoxy) is 2. The third-order valence-corrected chi connectivity index (χ3v) is 7.16. The van der Waals surface area contributed by atoms with Gasteiger partial charge >= 0.3 is 0 Å². The number of thioether (sulfide) groups is 4. The topological polar surface area (TPSA) is 18.5 Å². The van der Waals surface area contributed by atoms with Crippen molar-refractivity contribution in [1.82, 2.24) is 0 Å². The fourth-order valence-electron chi connectivity index (χ4n) is 1.48. The predicted octanol–water partition coefficient (Wildman–Crippen LogP) is 2.63. The zero-order chi connectivity index (χ0) is 11.1. The maximum Gasteiger partial charge on any atom is 0.112 e. The lowest BCUT2D eigenvalue weighted by atomic mass is 10.8. The minimum atomic E-state index is 0.462. The fourth-order valence-corrected chi connectivity index (χ4v) is 5.98. The van der Waals surface area contributed by atoms with Crippen LogP contribution in [-0.4, -0.2) is 58.6 Å². The van der Waals surface area contributed by atoms with Gasteiger partial charge in [-0.3, -0.25) is 0 Å². The number of hydrogen-bond donors (Lipinski definition) is 0. The monoisotopic (exact) mass is 298 g/mol. The third kappa shape index (κ3) is 5.31. The van der Waals surface area contributed by atoms with E-state index in [0.717, 1.165) is 24.7 Å². The molecule has 6 heteroatoms. The summed E-state index contributed by atoms with van der Waals surface area (Å²) in [5.41, 5.74) is 0.924. The molecule has 2 aliphatic heterocycles. The van der Waals surface area contributed by atoms with Crippen LogP contribution in [0.15, 0.2) is 0 Å². The van der Waals surface area contributed by atoms with E-state index in [2.05, 4.69) is 0 Å². The molecule has 0 aliphatic carbocycles. The molecular weight excluding hydrogens is 280 g/mol. The van der Waals surface area contributed by atoms with Crippen molar-refractivity contribution in [2.45, 2.75) is 10.9 Å². The zero-order valence-electron chi connectivity index (χ0n) is 9.26. The smallest absolute Gasteiger partial charge is 0.112 e. The van der Waals surface area contributed by atoms with Gasteiger partial charge in [-0.25, -0.2) is 0 Å². The third-order valence-electron chi connectivity index (χ3n) is 2.26. The lowest BCUT2D eigenvalue weighted by Gasteiger charge is -2.09. The average Bonchev–Trinajstić information content (AvgIpc) is 2.96. The van der Waals surface area contributed by atoms with E-state index in [1.54, 1.807) is 0 Å². The van der Waals surface area contributed by atoms with Crippen molar-refractivity contribution in [2.24, 2.45) is 0 Å². The molecule has 16 heavy (non-hydrogen) atoms. The van der Waals surface area contributed by atoms with Gasteiger partial charge < -0.3 is 9.47 Å². The molecule has 0 saturated carbocycles. The van der Waals surface area contributed by atoms with Crippen LogP contribution in [0.2, 0.25) is 0 Å². The Morgan fingerprint density at radius 1 is 0.875 bits per heavy atom. The van der Waals surface area contributed by atoms with E-state index in [0.29, 0.717) is 10.9 Å². The molecule has 2 unspecified atom stereocenters. The Morgan fingerprint density at radius 3 is 1.75 bits per heavy atom. The average molecular weight is 299 g/mol. The second kappa shape index (κ2) is 8.43. The molecule has 0 N–H and O–H groups in total. The van der Waals surface area contributed by atoms with E-state index in [-0.39, 0.29) is 0 Å². The SMILES string of the molecule is C1CSC(CSCCSCC2OCCS2)O1. The van der Waals surface area contributed by atoms with E-state index >= 15 is 0 Å². The quantitative estimate of drug-likeness (QED) is 0.668. The van der Waals surface area contributed by atoms with Gasteiger partial charge in [0.2, 0.25) is 0 Å². The van der Waals surface area contributed by atoms with Crippen molar-refractivity contribution in [1.29, 1.82) is 0 Å². The first-order valence-corrected chi connectivity index (χ1v) is 9.98. The van der Waals surface area contributed by atoms with Crippen molar-refractivity contribution in [3.63, 3.8) is 0 Å².